The largest absolute Gasteiger partial charge is 0.342 e. The van der Waals surface area contributed by atoms with E-state index in [9.17, 15) is 18.4 Å². The summed E-state index contributed by atoms with van der Waals surface area (Å²) in [7, 11) is 0. The monoisotopic (exact) mass is 454 g/mol. The number of nitrogens with zero attached hydrogens (tertiary/aromatic N) is 3. The third-order valence-electron chi connectivity index (χ3n) is 6.00. The summed E-state index contributed by atoms with van der Waals surface area (Å²) in [5, 5.41) is 2.86. The number of nitrogens with one attached hydrogen (secondary N) is 1. The minimum absolute atomic E-state index is 0.122. The summed E-state index contributed by atoms with van der Waals surface area (Å²) in [5.41, 5.74) is 0.595. The van der Waals surface area contributed by atoms with E-state index in [2.05, 4.69) is 15.1 Å². The van der Waals surface area contributed by atoms with Crippen LogP contribution in [0.25, 0.3) is 0 Å². The Balaban J connectivity index is 1.42. The highest BCUT2D eigenvalue weighted by atomic mass is 32.2. The predicted octanol–water partition coefficient (Wildman–Crippen LogP) is 3.35. The summed E-state index contributed by atoms with van der Waals surface area (Å²) < 4.78 is 24.8. The second-order valence-corrected chi connectivity index (χ2v) is 9.24. The van der Waals surface area contributed by atoms with Crippen LogP contribution in [0.1, 0.15) is 32.6 Å². The molecule has 31 heavy (non-hydrogen) atoms. The van der Waals surface area contributed by atoms with Gasteiger partial charge >= 0.3 is 0 Å². The number of likely N-dealkylation sites (tertiary alicyclic amines) is 1. The van der Waals surface area contributed by atoms with Crippen LogP contribution in [0.15, 0.2) is 29.2 Å². The van der Waals surface area contributed by atoms with Crippen LogP contribution in [0.5, 0.6) is 0 Å². The Morgan fingerprint density at radius 1 is 0.968 bits per heavy atom. The molecule has 2 fully saturated rings. The molecule has 0 unspecified atom stereocenters. The molecule has 3 rings (SSSR count). The summed E-state index contributed by atoms with van der Waals surface area (Å²) in [6.45, 7) is 7.05. The fourth-order valence-corrected chi connectivity index (χ4v) is 4.55. The third kappa shape index (κ3) is 7.43. The van der Waals surface area contributed by atoms with Crippen LogP contribution < -0.4 is 5.32 Å². The Hall–Kier alpha value is -1.71. The van der Waals surface area contributed by atoms with E-state index in [0.29, 0.717) is 28.9 Å². The van der Waals surface area contributed by atoms with Crippen LogP contribution in [0.3, 0.4) is 0 Å². The van der Waals surface area contributed by atoms with Gasteiger partial charge < -0.3 is 10.2 Å². The highest BCUT2D eigenvalue weighted by Crippen LogP contribution is 2.26. The van der Waals surface area contributed by atoms with Gasteiger partial charge in [0.05, 0.1) is 12.6 Å². The van der Waals surface area contributed by atoms with Gasteiger partial charge in [-0.25, -0.2) is 0 Å². The molecule has 6 nitrogen and oxygen atoms in total. The molecular formula is C22H32F2N4O2S. The minimum Gasteiger partial charge on any atom is -0.342 e. The molecule has 0 aromatic heterocycles. The summed E-state index contributed by atoms with van der Waals surface area (Å²) >= 11 is 0.483. The van der Waals surface area contributed by atoms with Crippen molar-refractivity contribution in [3.05, 3.63) is 24.3 Å². The van der Waals surface area contributed by atoms with Crippen molar-refractivity contribution in [3.8, 4) is 0 Å². The molecule has 2 amide bonds. The molecule has 172 valence electrons. The van der Waals surface area contributed by atoms with Crippen molar-refractivity contribution in [2.24, 2.45) is 0 Å². The maximum absolute atomic E-state index is 12.6. The molecule has 1 N–H and O–H groups in total. The van der Waals surface area contributed by atoms with Gasteiger partial charge in [-0.2, -0.15) is 8.78 Å². The van der Waals surface area contributed by atoms with Crippen LogP contribution in [-0.2, 0) is 9.59 Å². The Labute approximate surface area is 187 Å². The van der Waals surface area contributed by atoms with Crippen molar-refractivity contribution in [1.82, 2.24) is 14.7 Å². The molecule has 1 aromatic carbocycles. The van der Waals surface area contributed by atoms with E-state index in [4.69, 9.17) is 0 Å². The number of benzene rings is 1. The van der Waals surface area contributed by atoms with Crippen molar-refractivity contribution in [2.45, 2.75) is 49.3 Å². The van der Waals surface area contributed by atoms with E-state index in [1.54, 1.807) is 24.3 Å². The molecule has 0 spiro atoms. The lowest BCUT2D eigenvalue weighted by atomic mass is 10.2. The number of rotatable bonds is 7. The second kappa shape index (κ2) is 11.8. The van der Waals surface area contributed by atoms with Gasteiger partial charge in [-0.3, -0.25) is 19.4 Å². The number of hydrogen-bond donors (Lipinski definition) is 1. The number of carbonyl (C=O) groups is 2. The zero-order valence-corrected chi connectivity index (χ0v) is 18.9. The van der Waals surface area contributed by atoms with Crippen molar-refractivity contribution >= 4 is 29.3 Å². The van der Waals surface area contributed by atoms with Crippen LogP contribution >= 0.6 is 11.8 Å². The van der Waals surface area contributed by atoms with Gasteiger partial charge in [-0.15, -0.1) is 0 Å². The minimum atomic E-state index is -2.46. The molecule has 0 saturated carbocycles. The number of hydrogen-bond acceptors (Lipinski definition) is 5. The Bertz CT molecular complexity index is 719. The number of alkyl halides is 2. The lowest BCUT2D eigenvalue weighted by molar-refractivity contribution is -0.133. The first-order chi connectivity index (χ1) is 14.9. The molecule has 2 aliphatic heterocycles. The number of thioether (sulfide) groups is 1. The SMILES string of the molecule is C[C@H](C(=O)Nc1ccc(SC(F)F)cc1)N1CCN(CC(=O)N2CCCCCC2)CC1. The number of anilines is 1. The first-order valence-electron chi connectivity index (χ1n) is 11.0. The second-order valence-electron chi connectivity index (χ2n) is 8.18. The molecule has 2 aliphatic rings. The number of halogens is 2. The summed E-state index contributed by atoms with van der Waals surface area (Å²) in [5.74, 6) is -2.36. The molecule has 9 heteroatoms. The summed E-state index contributed by atoms with van der Waals surface area (Å²) in [4.78, 5) is 32.0. The summed E-state index contributed by atoms with van der Waals surface area (Å²) in [6.07, 6.45) is 4.61. The van der Waals surface area contributed by atoms with Crippen molar-refractivity contribution in [2.75, 3.05) is 51.1 Å². The fraction of sp³-hybridized carbons (Fsp3) is 0.636. The van der Waals surface area contributed by atoms with Crippen LogP contribution in [0, 0.1) is 0 Å². The van der Waals surface area contributed by atoms with Gasteiger partial charge in [0.15, 0.2) is 0 Å². The Morgan fingerprint density at radius 3 is 2.16 bits per heavy atom. The van der Waals surface area contributed by atoms with E-state index >= 15 is 0 Å². The van der Waals surface area contributed by atoms with E-state index < -0.39 is 5.76 Å². The molecule has 0 bridgehead atoms. The molecule has 0 aliphatic carbocycles. The van der Waals surface area contributed by atoms with Gasteiger partial charge in [0.25, 0.3) is 5.76 Å². The molecular weight excluding hydrogens is 422 g/mol. The van der Waals surface area contributed by atoms with Crippen molar-refractivity contribution in [1.29, 1.82) is 0 Å². The van der Waals surface area contributed by atoms with Gasteiger partial charge in [0.1, 0.15) is 0 Å². The maximum Gasteiger partial charge on any atom is 0.288 e. The Kier molecular flexibility index (Phi) is 9.10. The first-order valence-corrected chi connectivity index (χ1v) is 11.9. The normalized spacial score (nSPS) is 19.8. The molecule has 2 saturated heterocycles. The van der Waals surface area contributed by atoms with Gasteiger partial charge in [0.2, 0.25) is 11.8 Å². The number of piperazine rings is 1. The molecule has 0 radical (unpaired) electrons. The highest BCUT2D eigenvalue weighted by Gasteiger charge is 2.27. The van der Waals surface area contributed by atoms with E-state index in [1.807, 2.05) is 11.8 Å². The first kappa shape index (κ1) is 23.9. The number of amides is 2. The fourth-order valence-electron chi connectivity index (χ4n) is 4.05. The lowest BCUT2D eigenvalue weighted by Crippen LogP contribution is -2.54. The standard InChI is InChI=1S/C22H32F2N4O2S/c1-17(21(30)25-18-6-8-19(9-7-18)31-22(23)24)27-14-12-26(13-15-27)16-20(29)28-10-4-2-3-5-11-28/h6-9,17,22H,2-5,10-16H2,1H3,(H,25,30)/t17-/m1/s1. The van der Waals surface area contributed by atoms with Crippen LogP contribution in [-0.4, -0.2) is 84.1 Å². The van der Waals surface area contributed by atoms with E-state index in [-0.39, 0.29) is 17.9 Å². The summed E-state index contributed by atoms with van der Waals surface area (Å²) in [6, 6.07) is 6.14. The molecule has 1 aromatic rings. The number of carbonyl (C=O) groups excluding carboxylic acids is 2. The molecule has 2 heterocycles. The highest BCUT2D eigenvalue weighted by molar-refractivity contribution is 7.99. The lowest BCUT2D eigenvalue weighted by Gasteiger charge is -2.37. The van der Waals surface area contributed by atoms with E-state index in [1.165, 1.54) is 12.8 Å². The zero-order valence-electron chi connectivity index (χ0n) is 18.1. The Morgan fingerprint density at radius 2 is 1.58 bits per heavy atom. The van der Waals surface area contributed by atoms with E-state index in [0.717, 1.165) is 52.1 Å². The quantitative estimate of drug-likeness (QED) is 0.641. The third-order valence-corrected chi connectivity index (χ3v) is 6.72. The van der Waals surface area contributed by atoms with Crippen molar-refractivity contribution in [3.63, 3.8) is 0 Å². The molecule has 1 atom stereocenters. The average molecular weight is 455 g/mol. The predicted molar refractivity (Wildman–Crippen MR) is 119 cm³/mol. The van der Waals surface area contributed by atoms with Crippen LogP contribution in [0.4, 0.5) is 14.5 Å². The zero-order chi connectivity index (χ0) is 22.2. The average Bonchev–Trinajstić information content (AvgIpc) is 3.04. The topological polar surface area (TPSA) is 55.9 Å². The van der Waals surface area contributed by atoms with Gasteiger partial charge in [-0.05, 0) is 44.0 Å². The van der Waals surface area contributed by atoms with Crippen LogP contribution in [0.2, 0.25) is 0 Å². The van der Waals surface area contributed by atoms with Crippen molar-refractivity contribution < 1.29 is 18.4 Å². The smallest absolute Gasteiger partial charge is 0.288 e. The van der Waals surface area contributed by atoms with Gasteiger partial charge in [0, 0.05) is 49.9 Å². The maximum atomic E-state index is 12.6. The van der Waals surface area contributed by atoms with Gasteiger partial charge in [-0.1, -0.05) is 24.6 Å².